The van der Waals surface area contributed by atoms with Crippen LogP contribution in [0, 0.1) is 5.82 Å². The Bertz CT molecular complexity index is 569. The summed E-state index contributed by atoms with van der Waals surface area (Å²) in [4.78, 5) is 0. The van der Waals surface area contributed by atoms with Crippen LogP contribution in [0.5, 0.6) is 0 Å². The molecule has 0 saturated carbocycles. The molecule has 0 saturated heterocycles. The van der Waals surface area contributed by atoms with Gasteiger partial charge in [-0.05, 0) is 48.7 Å². The topological polar surface area (TPSA) is 12.0 Å². The number of benzene rings is 2. The van der Waals surface area contributed by atoms with E-state index >= 15 is 0 Å². The van der Waals surface area contributed by atoms with E-state index in [2.05, 4.69) is 12.2 Å². The van der Waals surface area contributed by atoms with Gasteiger partial charge in [-0.3, -0.25) is 0 Å². The first-order valence-electron chi connectivity index (χ1n) is 6.46. The summed E-state index contributed by atoms with van der Waals surface area (Å²) in [5, 5.41) is 4.26. The van der Waals surface area contributed by atoms with Gasteiger partial charge in [0.1, 0.15) is 5.82 Å². The Labute approximate surface area is 128 Å². The van der Waals surface area contributed by atoms with E-state index in [1.54, 1.807) is 6.07 Å². The van der Waals surface area contributed by atoms with Crippen molar-refractivity contribution >= 4 is 23.2 Å². The Morgan fingerprint density at radius 1 is 1.05 bits per heavy atom. The molecular weight excluding hydrogens is 296 g/mol. The zero-order chi connectivity index (χ0) is 14.5. The van der Waals surface area contributed by atoms with Crippen LogP contribution in [0.25, 0.3) is 0 Å². The SMILES string of the molecule is CC(Cc1ccc(Cl)cc1)NCc1ccc(Cl)c(F)c1. The van der Waals surface area contributed by atoms with Gasteiger partial charge < -0.3 is 5.32 Å². The van der Waals surface area contributed by atoms with Crippen LogP contribution in [0.15, 0.2) is 42.5 Å². The molecule has 106 valence electrons. The summed E-state index contributed by atoms with van der Waals surface area (Å²) in [5.74, 6) is -0.378. The molecule has 2 aromatic carbocycles. The Kier molecular flexibility index (Phi) is 5.41. The summed E-state index contributed by atoms with van der Waals surface area (Å²) < 4.78 is 13.3. The molecule has 2 rings (SSSR count). The van der Waals surface area contributed by atoms with E-state index < -0.39 is 0 Å². The third-order valence-electron chi connectivity index (χ3n) is 3.09. The van der Waals surface area contributed by atoms with Crippen molar-refractivity contribution in [1.82, 2.24) is 5.32 Å². The van der Waals surface area contributed by atoms with E-state index in [0.717, 1.165) is 17.0 Å². The summed E-state index contributed by atoms with van der Waals surface area (Å²) in [7, 11) is 0. The fourth-order valence-corrected chi connectivity index (χ4v) is 2.23. The standard InChI is InChI=1S/C16H16Cl2FN/c1-11(8-12-2-5-14(17)6-3-12)20-10-13-4-7-15(18)16(19)9-13/h2-7,9,11,20H,8,10H2,1H3. The molecule has 20 heavy (non-hydrogen) atoms. The molecule has 0 aliphatic heterocycles. The first-order valence-corrected chi connectivity index (χ1v) is 7.22. The van der Waals surface area contributed by atoms with Gasteiger partial charge in [-0.2, -0.15) is 0 Å². The Hall–Kier alpha value is -1.09. The highest BCUT2D eigenvalue weighted by Crippen LogP contribution is 2.16. The summed E-state index contributed by atoms with van der Waals surface area (Å²) >= 11 is 11.5. The van der Waals surface area contributed by atoms with Crippen LogP contribution in [-0.4, -0.2) is 6.04 Å². The fraction of sp³-hybridized carbons (Fsp3) is 0.250. The second kappa shape index (κ2) is 7.07. The summed E-state index contributed by atoms with van der Waals surface area (Å²) in [6.07, 6.45) is 0.896. The van der Waals surface area contributed by atoms with Crippen molar-refractivity contribution in [2.24, 2.45) is 0 Å². The second-order valence-electron chi connectivity index (χ2n) is 4.86. The average molecular weight is 312 g/mol. The van der Waals surface area contributed by atoms with E-state index in [-0.39, 0.29) is 16.9 Å². The minimum Gasteiger partial charge on any atom is -0.310 e. The Balaban J connectivity index is 1.86. The van der Waals surface area contributed by atoms with E-state index in [9.17, 15) is 4.39 Å². The number of rotatable bonds is 5. The third kappa shape index (κ3) is 4.48. The van der Waals surface area contributed by atoms with Gasteiger partial charge in [0.05, 0.1) is 5.02 Å². The quantitative estimate of drug-likeness (QED) is 0.832. The lowest BCUT2D eigenvalue weighted by Crippen LogP contribution is -2.27. The van der Waals surface area contributed by atoms with Gasteiger partial charge in [-0.15, -0.1) is 0 Å². The molecule has 1 unspecified atom stereocenters. The molecule has 1 atom stereocenters. The normalized spacial score (nSPS) is 12.4. The Morgan fingerprint density at radius 3 is 2.35 bits per heavy atom. The van der Waals surface area contributed by atoms with Crippen molar-refractivity contribution in [2.75, 3.05) is 0 Å². The molecule has 0 bridgehead atoms. The van der Waals surface area contributed by atoms with Gasteiger partial charge in [0.25, 0.3) is 0 Å². The fourth-order valence-electron chi connectivity index (χ4n) is 1.99. The van der Waals surface area contributed by atoms with Gasteiger partial charge >= 0.3 is 0 Å². The highest BCUT2D eigenvalue weighted by molar-refractivity contribution is 6.30. The molecule has 0 spiro atoms. The van der Waals surface area contributed by atoms with Crippen LogP contribution in [0.1, 0.15) is 18.1 Å². The molecule has 2 aromatic rings. The maximum absolute atomic E-state index is 13.3. The van der Waals surface area contributed by atoms with Crippen LogP contribution in [0.2, 0.25) is 10.0 Å². The summed E-state index contributed by atoms with van der Waals surface area (Å²) in [6.45, 7) is 2.71. The van der Waals surface area contributed by atoms with Crippen molar-refractivity contribution in [2.45, 2.75) is 25.9 Å². The lowest BCUT2D eigenvalue weighted by atomic mass is 10.1. The van der Waals surface area contributed by atoms with Gasteiger partial charge in [-0.1, -0.05) is 41.4 Å². The van der Waals surface area contributed by atoms with Crippen LogP contribution >= 0.6 is 23.2 Å². The van der Waals surface area contributed by atoms with E-state index in [4.69, 9.17) is 23.2 Å². The summed E-state index contributed by atoms with van der Waals surface area (Å²) in [5.41, 5.74) is 2.10. The predicted molar refractivity (Wildman–Crippen MR) is 82.9 cm³/mol. The lowest BCUT2D eigenvalue weighted by molar-refractivity contribution is 0.542. The van der Waals surface area contributed by atoms with Gasteiger partial charge in [0.15, 0.2) is 0 Å². The highest BCUT2D eigenvalue weighted by Gasteiger charge is 2.05. The molecule has 0 fully saturated rings. The molecular formula is C16H16Cl2FN. The molecule has 1 nitrogen and oxygen atoms in total. The number of nitrogens with one attached hydrogen (secondary N) is 1. The largest absolute Gasteiger partial charge is 0.310 e. The average Bonchev–Trinajstić information content (AvgIpc) is 2.43. The van der Waals surface area contributed by atoms with Crippen molar-refractivity contribution in [1.29, 1.82) is 0 Å². The molecule has 0 heterocycles. The minimum atomic E-state index is -0.378. The highest BCUT2D eigenvalue weighted by atomic mass is 35.5. The maximum Gasteiger partial charge on any atom is 0.142 e. The van der Waals surface area contributed by atoms with Crippen LogP contribution < -0.4 is 5.32 Å². The number of halogens is 3. The van der Waals surface area contributed by atoms with Crippen molar-refractivity contribution in [3.8, 4) is 0 Å². The molecule has 0 aromatic heterocycles. The second-order valence-corrected chi connectivity index (χ2v) is 5.70. The summed E-state index contributed by atoms with van der Waals surface area (Å²) in [6, 6.07) is 13.0. The van der Waals surface area contributed by atoms with Crippen LogP contribution in [-0.2, 0) is 13.0 Å². The first-order chi connectivity index (χ1) is 9.54. The van der Waals surface area contributed by atoms with Gasteiger partial charge in [-0.25, -0.2) is 4.39 Å². The van der Waals surface area contributed by atoms with Gasteiger partial charge in [0.2, 0.25) is 0 Å². The zero-order valence-corrected chi connectivity index (χ0v) is 12.7. The van der Waals surface area contributed by atoms with Crippen molar-refractivity contribution in [3.05, 3.63) is 69.5 Å². The number of hydrogen-bond donors (Lipinski definition) is 1. The first kappa shape index (κ1) is 15.3. The van der Waals surface area contributed by atoms with E-state index in [1.165, 1.54) is 11.6 Å². The van der Waals surface area contributed by atoms with Gasteiger partial charge in [0, 0.05) is 17.6 Å². The Morgan fingerprint density at radius 2 is 1.70 bits per heavy atom. The molecule has 0 radical (unpaired) electrons. The molecule has 0 aliphatic carbocycles. The van der Waals surface area contributed by atoms with Crippen LogP contribution in [0.3, 0.4) is 0 Å². The van der Waals surface area contributed by atoms with Crippen molar-refractivity contribution < 1.29 is 4.39 Å². The van der Waals surface area contributed by atoms with Crippen LogP contribution in [0.4, 0.5) is 4.39 Å². The lowest BCUT2D eigenvalue weighted by Gasteiger charge is -2.14. The predicted octanol–water partition coefficient (Wildman–Crippen LogP) is 4.85. The molecule has 1 N–H and O–H groups in total. The van der Waals surface area contributed by atoms with E-state index in [1.807, 2.05) is 30.3 Å². The molecule has 4 heteroatoms. The maximum atomic E-state index is 13.3. The smallest absolute Gasteiger partial charge is 0.142 e. The monoisotopic (exact) mass is 311 g/mol. The van der Waals surface area contributed by atoms with E-state index in [0.29, 0.717) is 6.54 Å². The molecule has 0 aliphatic rings. The number of hydrogen-bond acceptors (Lipinski definition) is 1. The zero-order valence-electron chi connectivity index (χ0n) is 11.2. The van der Waals surface area contributed by atoms with Crippen molar-refractivity contribution in [3.63, 3.8) is 0 Å². The minimum absolute atomic E-state index is 0.156. The third-order valence-corrected chi connectivity index (χ3v) is 3.65. The molecule has 0 amide bonds.